The van der Waals surface area contributed by atoms with Gasteiger partial charge in [-0.3, -0.25) is 4.98 Å². The zero-order chi connectivity index (χ0) is 15.2. The van der Waals surface area contributed by atoms with Gasteiger partial charge >= 0.3 is 0 Å². The molecule has 0 bridgehead atoms. The van der Waals surface area contributed by atoms with Crippen molar-refractivity contribution in [1.29, 1.82) is 0 Å². The summed E-state index contributed by atoms with van der Waals surface area (Å²) in [4.78, 5) is 11.5. The largest absolute Gasteiger partial charge is 0.389 e. The zero-order valence-corrected chi connectivity index (χ0v) is 13.8. The Balaban J connectivity index is 1.71. The molecule has 0 aromatic carbocycles. The molecular weight excluding hydrogens is 338 g/mol. The number of rotatable bonds is 7. The molecule has 1 aliphatic rings. The normalized spacial score (nSPS) is 19.5. The van der Waals surface area contributed by atoms with Gasteiger partial charge in [-0.15, -0.1) is 0 Å². The van der Waals surface area contributed by atoms with E-state index in [1.165, 1.54) is 0 Å². The molecule has 21 heavy (non-hydrogen) atoms. The van der Waals surface area contributed by atoms with E-state index in [0.29, 0.717) is 26.2 Å². The number of ether oxygens (including phenoxy) is 1. The van der Waals surface area contributed by atoms with Crippen molar-refractivity contribution in [1.82, 2.24) is 9.88 Å². The first-order valence-electron chi connectivity index (χ1n) is 6.79. The standard InChI is InChI=1S/C14H20BrN3O3/c1-18(2)7-11(19)8-20-9-12-5-14(17-21-12)13-4-3-10(15)6-16-13/h3-4,6,11-12,19H,5,7-9H2,1-2H3/t11?,12-/m0/s1. The minimum absolute atomic E-state index is 0.114. The summed E-state index contributed by atoms with van der Waals surface area (Å²) in [5.41, 5.74) is 1.64. The first-order valence-corrected chi connectivity index (χ1v) is 7.59. The Hall–Kier alpha value is -1.02. The summed E-state index contributed by atoms with van der Waals surface area (Å²) in [5.74, 6) is 0. The second-order valence-corrected chi connectivity index (χ2v) is 6.20. The van der Waals surface area contributed by atoms with Gasteiger partial charge in [0.05, 0.1) is 25.0 Å². The van der Waals surface area contributed by atoms with Crippen molar-refractivity contribution in [3.05, 3.63) is 28.5 Å². The van der Waals surface area contributed by atoms with Crippen molar-refractivity contribution < 1.29 is 14.7 Å². The van der Waals surface area contributed by atoms with Gasteiger partial charge in [0.15, 0.2) is 6.10 Å². The van der Waals surface area contributed by atoms with Crippen LogP contribution in [0.3, 0.4) is 0 Å². The Morgan fingerprint density at radius 1 is 1.52 bits per heavy atom. The lowest BCUT2D eigenvalue weighted by Gasteiger charge is -2.16. The maximum absolute atomic E-state index is 9.70. The molecule has 0 saturated heterocycles. The van der Waals surface area contributed by atoms with Crippen molar-refractivity contribution >= 4 is 21.6 Å². The van der Waals surface area contributed by atoms with Gasteiger partial charge in [-0.25, -0.2) is 0 Å². The molecule has 0 saturated carbocycles. The average molecular weight is 358 g/mol. The molecule has 2 atom stereocenters. The number of aliphatic hydroxyl groups excluding tert-OH is 1. The molecule has 0 spiro atoms. The monoisotopic (exact) mass is 357 g/mol. The second kappa shape index (κ2) is 7.84. The highest BCUT2D eigenvalue weighted by Gasteiger charge is 2.23. The molecule has 0 radical (unpaired) electrons. The summed E-state index contributed by atoms with van der Waals surface area (Å²) < 4.78 is 6.41. The predicted molar refractivity (Wildman–Crippen MR) is 83.3 cm³/mol. The fourth-order valence-electron chi connectivity index (χ4n) is 2.03. The molecular formula is C14H20BrN3O3. The van der Waals surface area contributed by atoms with Crippen molar-refractivity contribution in [3.63, 3.8) is 0 Å². The molecule has 0 fully saturated rings. The van der Waals surface area contributed by atoms with Crippen LogP contribution in [-0.2, 0) is 9.57 Å². The van der Waals surface area contributed by atoms with Crippen LogP contribution in [0, 0.1) is 0 Å². The molecule has 1 aromatic heterocycles. The van der Waals surface area contributed by atoms with Gasteiger partial charge in [0.1, 0.15) is 5.71 Å². The lowest BCUT2D eigenvalue weighted by molar-refractivity contribution is -0.0300. The summed E-state index contributed by atoms with van der Waals surface area (Å²) in [6, 6.07) is 3.82. The lowest BCUT2D eigenvalue weighted by atomic mass is 10.1. The number of pyridine rings is 1. The molecule has 6 nitrogen and oxygen atoms in total. The molecule has 2 rings (SSSR count). The Labute approximate surface area is 132 Å². The van der Waals surface area contributed by atoms with Crippen molar-refractivity contribution in [3.8, 4) is 0 Å². The van der Waals surface area contributed by atoms with Crippen LogP contribution in [0.1, 0.15) is 12.1 Å². The quantitative estimate of drug-likeness (QED) is 0.795. The van der Waals surface area contributed by atoms with Crippen LogP contribution in [-0.4, -0.2) is 66.8 Å². The number of aromatic nitrogens is 1. The number of aliphatic hydroxyl groups is 1. The van der Waals surface area contributed by atoms with Gasteiger partial charge in [-0.1, -0.05) is 5.16 Å². The molecule has 116 valence electrons. The van der Waals surface area contributed by atoms with E-state index in [1.54, 1.807) is 6.20 Å². The smallest absolute Gasteiger partial charge is 0.156 e. The van der Waals surface area contributed by atoms with E-state index in [-0.39, 0.29) is 6.10 Å². The molecule has 0 amide bonds. The Kier molecular flexibility index (Phi) is 6.10. The van der Waals surface area contributed by atoms with E-state index >= 15 is 0 Å². The summed E-state index contributed by atoms with van der Waals surface area (Å²) in [6.07, 6.45) is 1.80. The number of likely N-dealkylation sites (N-methyl/N-ethyl adjacent to an activating group) is 1. The minimum atomic E-state index is -0.491. The SMILES string of the molecule is CN(C)CC(O)COC[C@@H]1CC(c2ccc(Br)cn2)=NO1. The van der Waals surface area contributed by atoms with Crippen LogP contribution < -0.4 is 0 Å². The summed E-state index contributed by atoms with van der Waals surface area (Å²) in [6.45, 7) is 1.29. The summed E-state index contributed by atoms with van der Waals surface area (Å²) >= 11 is 3.35. The fraction of sp³-hybridized carbons (Fsp3) is 0.571. The van der Waals surface area contributed by atoms with Gasteiger partial charge in [0.2, 0.25) is 0 Å². The average Bonchev–Trinajstić information content (AvgIpc) is 2.87. The highest BCUT2D eigenvalue weighted by atomic mass is 79.9. The number of oxime groups is 1. The van der Waals surface area contributed by atoms with Crippen molar-refractivity contribution in [2.45, 2.75) is 18.6 Å². The fourth-order valence-corrected chi connectivity index (χ4v) is 2.26. The molecule has 1 aromatic rings. The van der Waals surface area contributed by atoms with Crippen LogP contribution in [0.25, 0.3) is 0 Å². The minimum Gasteiger partial charge on any atom is -0.389 e. The number of halogens is 1. The third-order valence-electron chi connectivity index (χ3n) is 2.95. The third-order valence-corrected chi connectivity index (χ3v) is 3.42. The van der Waals surface area contributed by atoms with E-state index < -0.39 is 6.10 Å². The van der Waals surface area contributed by atoms with Gasteiger partial charge < -0.3 is 19.6 Å². The van der Waals surface area contributed by atoms with E-state index in [1.807, 2.05) is 31.1 Å². The zero-order valence-electron chi connectivity index (χ0n) is 12.2. The molecule has 1 unspecified atom stereocenters. The molecule has 0 aliphatic carbocycles. The summed E-state index contributed by atoms with van der Waals surface area (Å²) in [5, 5.41) is 13.8. The van der Waals surface area contributed by atoms with Crippen LogP contribution >= 0.6 is 15.9 Å². The summed E-state index contributed by atoms with van der Waals surface area (Å²) in [7, 11) is 3.82. The highest BCUT2D eigenvalue weighted by molar-refractivity contribution is 9.10. The number of hydrogen-bond donors (Lipinski definition) is 1. The molecule has 7 heteroatoms. The van der Waals surface area contributed by atoms with E-state index in [4.69, 9.17) is 9.57 Å². The van der Waals surface area contributed by atoms with Gasteiger partial charge in [0.25, 0.3) is 0 Å². The maximum atomic E-state index is 9.70. The first kappa shape index (κ1) is 16.4. The Bertz CT molecular complexity index is 479. The van der Waals surface area contributed by atoms with E-state index in [9.17, 15) is 5.11 Å². The van der Waals surface area contributed by atoms with Gasteiger partial charge in [-0.2, -0.15) is 0 Å². The second-order valence-electron chi connectivity index (χ2n) is 5.28. The van der Waals surface area contributed by atoms with Crippen molar-refractivity contribution in [2.75, 3.05) is 33.9 Å². The van der Waals surface area contributed by atoms with Crippen molar-refractivity contribution in [2.24, 2.45) is 5.16 Å². The Morgan fingerprint density at radius 3 is 3.00 bits per heavy atom. The Morgan fingerprint density at radius 2 is 2.33 bits per heavy atom. The molecule has 1 N–H and O–H groups in total. The molecule has 2 heterocycles. The highest BCUT2D eigenvalue weighted by Crippen LogP contribution is 2.17. The third kappa shape index (κ3) is 5.35. The van der Waals surface area contributed by atoms with Crippen LogP contribution in [0.15, 0.2) is 28.0 Å². The van der Waals surface area contributed by atoms with Crippen LogP contribution in [0.2, 0.25) is 0 Å². The maximum Gasteiger partial charge on any atom is 0.156 e. The first-order chi connectivity index (χ1) is 10.0. The van der Waals surface area contributed by atoms with Crippen LogP contribution in [0.5, 0.6) is 0 Å². The lowest BCUT2D eigenvalue weighted by Crippen LogP contribution is -2.30. The van der Waals surface area contributed by atoms with E-state index in [2.05, 4.69) is 26.1 Å². The topological polar surface area (TPSA) is 67.2 Å². The van der Waals surface area contributed by atoms with Gasteiger partial charge in [-0.05, 0) is 42.2 Å². The number of nitrogens with zero attached hydrogens (tertiary/aromatic N) is 3. The predicted octanol–water partition coefficient (Wildman–Crippen LogP) is 1.28. The van der Waals surface area contributed by atoms with E-state index in [0.717, 1.165) is 15.9 Å². The number of hydrogen-bond acceptors (Lipinski definition) is 6. The molecule has 1 aliphatic heterocycles. The van der Waals surface area contributed by atoms with Gasteiger partial charge in [0, 0.05) is 23.6 Å². The van der Waals surface area contributed by atoms with Crippen LogP contribution in [0.4, 0.5) is 0 Å².